The molecule has 18 heavy (non-hydrogen) atoms. The molecule has 1 amide bonds. The van der Waals surface area contributed by atoms with Crippen LogP contribution in [0.4, 0.5) is 4.79 Å². The van der Waals surface area contributed by atoms with Crippen LogP contribution in [0.5, 0.6) is 0 Å². The molecular weight excluding hydrogens is 226 g/mol. The minimum Gasteiger partial charge on any atom is -0.449 e. The molecule has 0 saturated carbocycles. The SMILES string of the molecule is CC(C)COC(=O)N(CC(C)C)C(C)CC(C)C. The molecule has 0 saturated heterocycles. The van der Waals surface area contributed by atoms with Crippen LogP contribution < -0.4 is 0 Å². The van der Waals surface area contributed by atoms with E-state index < -0.39 is 0 Å². The molecule has 0 bridgehead atoms. The maximum absolute atomic E-state index is 12.1. The predicted molar refractivity (Wildman–Crippen MR) is 76.6 cm³/mol. The van der Waals surface area contributed by atoms with Crippen LogP contribution in [0.15, 0.2) is 0 Å². The number of amides is 1. The molecule has 0 radical (unpaired) electrons. The van der Waals surface area contributed by atoms with Crippen molar-refractivity contribution in [3.05, 3.63) is 0 Å². The number of ether oxygens (including phenoxy) is 1. The normalized spacial score (nSPS) is 13.2. The maximum atomic E-state index is 12.1. The second-order valence-corrected chi connectivity index (χ2v) is 6.50. The molecule has 108 valence electrons. The quantitative estimate of drug-likeness (QED) is 0.685. The van der Waals surface area contributed by atoms with Crippen molar-refractivity contribution in [2.24, 2.45) is 17.8 Å². The molecular formula is C15H31NO2. The summed E-state index contributed by atoms with van der Waals surface area (Å²) in [6, 6.07) is 0.243. The minimum atomic E-state index is -0.162. The number of hydrogen-bond donors (Lipinski definition) is 0. The Bertz CT molecular complexity index is 237. The molecule has 0 N–H and O–H groups in total. The Morgan fingerprint density at radius 1 is 0.944 bits per heavy atom. The monoisotopic (exact) mass is 257 g/mol. The summed E-state index contributed by atoms with van der Waals surface area (Å²) < 4.78 is 5.36. The predicted octanol–water partition coefficient (Wildman–Crippen LogP) is 4.17. The molecule has 0 spiro atoms. The fourth-order valence-electron chi connectivity index (χ4n) is 1.96. The molecule has 0 aromatic carbocycles. The van der Waals surface area contributed by atoms with Crippen molar-refractivity contribution < 1.29 is 9.53 Å². The van der Waals surface area contributed by atoms with Gasteiger partial charge in [0.25, 0.3) is 0 Å². The fourth-order valence-corrected chi connectivity index (χ4v) is 1.96. The molecule has 0 aromatic heterocycles. The lowest BCUT2D eigenvalue weighted by Crippen LogP contribution is -2.42. The van der Waals surface area contributed by atoms with Crippen molar-refractivity contribution in [3.63, 3.8) is 0 Å². The van der Waals surface area contributed by atoms with Gasteiger partial charge in [0, 0.05) is 12.6 Å². The molecule has 0 heterocycles. The summed E-state index contributed by atoms with van der Waals surface area (Å²) in [5, 5.41) is 0. The first-order chi connectivity index (χ1) is 8.23. The highest BCUT2D eigenvalue weighted by Crippen LogP contribution is 2.14. The van der Waals surface area contributed by atoms with E-state index >= 15 is 0 Å². The largest absolute Gasteiger partial charge is 0.449 e. The summed E-state index contributed by atoms with van der Waals surface area (Å²) in [6.07, 6.45) is 0.856. The van der Waals surface area contributed by atoms with Crippen LogP contribution in [0.1, 0.15) is 54.9 Å². The van der Waals surface area contributed by atoms with Crippen LogP contribution in [0.25, 0.3) is 0 Å². The smallest absolute Gasteiger partial charge is 0.410 e. The zero-order valence-electron chi connectivity index (χ0n) is 13.2. The van der Waals surface area contributed by atoms with Crippen LogP contribution >= 0.6 is 0 Å². The van der Waals surface area contributed by atoms with Crippen LogP contribution in [0.2, 0.25) is 0 Å². The van der Waals surface area contributed by atoms with Crippen molar-refractivity contribution in [2.45, 2.75) is 60.9 Å². The number of carbonyl (C=O) groups excluding carboxylic acids is 1. The van der Waals surface area contributed by atoms with Gasteiger partial charge in [-0.1, -0.05) is 41.5 Å². The molecule has 0 aliphatic carbocycles. The Hall–Kier alpha value is -0.730. The number of carbonyl (C=O) groups is 1. The molecule has 1 unspecified atom stereocenters. The number of rotatable bonds is 7. The van der Waals surface area contributed by atoms with Gasteiger partial charge in [0.05, 0.1) is 6.61 Å². The highest BCUT2D eigenvalue weighted by molar-refractivity contribution is 5.68. The van der Waals surface area contributed by atoms with Gasteiger partial charge in [-0.25, -0.2) is 4.79 Å². The van der Waals surface area contributed by atoms with Crippen LogP contribution in [-0.4, -0.2) is 30.2 Å². The second-order valence-electron chi connectivity index (χ2n) is 6.50. The molecule has 0 fully saturated rings. The first-order valence-corrected chi connectivity index (χ1v) is 7.17. The first kappa shape index (κ1) is 17.3. The first-order valence-electron chi connectivity index (χ1n) is 7.17. The Kier molecular flexibility index (Phi) is 8.05. The Labute approximate surface area is 113 Å². The zero-order valence-corrected chi connectivity index (χ0v) is 13.2. The lowest BCUT2D eigenvalue weighted by atomic mass is 10.0. The Balaban J connectivity index is 4.50. The third-order valence-corrected chi connectivity index (χ3v) is 2.68. The summed E-state index contributed by atoms with van der Waals surface area (Å²) >= 11 is 0. The minimum absolute atomic E-state index is 0.162. The molecule has 3 nitrogen and oxygen atoms in total. The fraction of sp³-hybridized carbons (Fsp3) is 0.933. The van der Waals surface area contributed by atoms with E-state index in [-0.39, 0.29) is 12.1 Å². The number of hydrogen-bond acceptors (Lipinski definition) is 2. The summed E-state index contributed by atoms with van der Waals surface area (Å²) in [4.78, 5) is 14.0. The van der Waals surface area contributed by atoms with Crippen molar-refractivity contribution in [2.75, 3.05) is 13.2 Å². The van der Waals surface area contributed by atoms with E-state index in [0.717, 1.165) is 13.0 Å². The van der Waals surface area contributed by atoms with Gasteiger partial charge in [-0.2, -0.15) is 0 Å². The van der Waals surface area contributed by atoms with E-state index in [1.807, 2.05) is 4.90 Å². The maximum Gasteiger partial charge on any atom is 0.410 e. The van der Waals surface area contributed by atoms with Crippen molar-refractivity contribution >= 4 is 6.09 Å². The van der Waals surface area contributed by atoms with Crippen molar-refractivity contribution in [3.8, 4) is 0 Å². The molecule has 0 aromatic rings. The lowest BCUT2D eigenvalue weighted by Gasteiger charge is -2.31. The molecule has 0 aliphatic heterocycles. The van der Waals surface area contributed by atoms with E-state index in [1.54, 1.807) is 0 Å². The zero-order chi connectivity index (χ0) is 14.3. The molecule has 0 rings (SSSR count). The number of nitrogens with zero attached hydrogens (tertiary/aromatic N) is 1. The van der Waals surface area contributed by atoms with E-state index in [9.17, 15) is 4.79 Å². The molecule has 0 aliphatic rings. The Morgan fingerprint density at radius 2 is 1.50 bits per heavy atom. The van der Waals surface area contributed by atoms with Gasteiger partial charge in [0.2, 0.25) is 0 Å². The van der Waals surface area contributed by atoms with Gasteiger partial charge in [-0.3, -0.25) is 0 Å². The van der Waals surface area contributed by atoms with E-state index in [2.05, 4.69) is 48.5 Å². The van der Waals surface area contributed by atoms with Gasteiger partial charge in [-0.15, -0.1) is 0 Å². The van der Waals surface area contributed by atoms with Crippen molar-refractivity contribution in [1.29, 1.82) is 0 Å². The summed E-state index contributed by atoms with van der Waals surface area (Å²) in [5.41, 5.74) is 0. The Morgan fingerprint density at radius 3 is 1.89 bits per heavy atom. The standard InChI is InChI=1S/C15H31NO2/c1-11(2)8-14(7)16(9-12(3)4)15(17)18-10-13(5)6/h11-14H,8-10H2,1-7H3. The third kappa shape index (κ3) is 7.57. The van der Waals surface area contributed by atoms with E-state index in [4.69, 9.17) is 4.74 Å². The highest BCUT2D eigenvalue weighted by Gasteiger charge is 2.23. The van der Waals surface area contributed by atoms with Crippen LogP contribution in [0, 0.1) is 17.8 Å². The average Bonchev–Trinajstić information content (AvgIpc) is 2.21. The summed E-state index contributed by atoms with van der Waals surface area (Å²) in [6.45, 7) is 16.1. The van der Waals surface area contributed by atoms with Gasteiger partial charge in [0.1, 0.15) is 0 Å². The van der Waals surface area contributed by atoms with Gasteiger partial charge >= 0.3 is 6.09 Å². The second kappa shape index (κ2) is 8.39. The summed E-state index contributed by atoms with van der Waals surface area (Å²) in [7, 11) is 0. The van der Waals surface area contributed by atoms with Crippen LogP contribution in [-0.2, 0) is 4.74 Å². The van der Waals surface area contributed by atoms with Gasteiger partial charge in [-0.05, 0) is 31.1 Å². The molecule has 3 heteroatoms. The van der Waals surface area contributed by atoms with Crippen LogP contribution in [0.3, 0.4) is 0 Å². The van der Waals surface area contributed by atoms with Gasteiger partial charge in [0.15, 0.2) is 0 Å². The molecule has 1 atom stereocenters. The summed E-state index contributed by atoms with van der Waals surface area (Å²) in [5.74, 6) is 1.44. The topological polar surface area (TPSA) is 29.5 Å². The average molecular weight is 257 g/mol. The van der Waals surface area contributed by atoms with E-state index in [0.29, 0.717) is 24.4 Å². The third-order valence-electron chi connectivity index (χ3n) is 2.68. The van der Waals surface area contributed by atoms with Gasteiger partial charge < -0.3 is 9.64 Å². The highest BCUT2D eigenvalue weighted by atomic mass is 16.6. The lowest BCUT2D eigenvalue weighted by molar-refractivity contribution is 0.0712. The van der Waals surface area contributed by atoms with E-state index in [1.165, 1.54) is 0 Å². The van der Waals surface area contributed by atoms with Crippen molar-refractivity contribution in [1.82, 2.24) is 4.90 Å².